The third-order valence-electron chi connectivity index (χ3n) is 7.59. The lowest BCUT2D eigenvalue weighted by Gasteiger charge is -2.34. The number of nitrogens with zero attached hydrogens (tertiary/aromatic N) is 5. The molecule has 2 aromatic heterocycles. The number of aromatic nitrogens is 3. The Kier molecular flexibility index (Phi) is 8.06. The van der Waals surface area contributed by atoms with Crippen LogP contribution < -0.4 is 4.74 Å². The van der Waals surface area contributed by atoms with E-state index in [4.69, 9.17) is 13.7 Å². The van der Waals surface area contributed by atoms with Crippen molar-refractivity contribution in [2.75, 3.05) is 39.3 Å². The highest BCUT2D eigenvalue weighted by Crippen LogP contribution is 2.27. The first-order chi connectivity index (χ1) is 20.3. The maximum atomic E-state index is 10.7. The summed E-state index contributed by atoms with van der Waals surface area (Å²) in [7, 11) is 0. The van der Waals surface area contributed by atoms with Gasteiger partial charge in [-0.2, -0.15) is 4.98 Å². The minimum Gasteiger partial charge on any atom is -0.491 e. The van der Waals surface area contributed by atoms with Gasteiger partial charge in [0, 0.05) is 49.9 Å². The fourth-order valence-corrected chi connectivity index (χ4v) is 5.12. The van der Waals surface area contributed by atoms with Crippen LogP contribution in [0.25, 0.3) is 33.9 Å². The summed E-state index contributed by atoms with van der Waals surface area (Å²) in [6.07, 6.45) is -0.604. The van der Waals surface area contributed by atoms with E-state index in [0.29, 0.717) is 42.0 Å². The summed E-state index contributed by atoms with van der Waals surface area (Å²) in [5, 5.41) is 14.9. The largest absolute Gasteiger partial charge is 0.491 e. The maximum absolute atomic E-state index is 10.7. The van der Waals surface area contributed by atoms with Crippen molar-refractivity contribution in [2.45, 2.75) is 38.8 Å². The van der Waals surface area contributed by atoms with Crippen LogP contribution in [0.15, 0.2) is 81.7 Å². The Morgan fingerprint density at radius 1 is 0.881 bits per heavy atom. The van der Waals surface area contributed by atoms with Crippen molar-refractivity contribution in [1.82, 2.24) is 24.9 Å². The van der Waals surface area contributed by atoms with E-state index >= 15 is 0 Å². The van der Waals surface area contributed by atoms with E-state index in [-0.39, 0.29) is 12.0 Å². The van der Waals surface area contributed by atoms with Crippen LogP contribution in [0.2, 0.25) is 0 Å². The quantitative estimate of drug-likeness (QED) is 0.251. The molecule has 9 heteroatoms. The SMILES string of the molecule is CC(C)(C)c1ccc(-c2noc(CN3CCN(CC(O)COc4ccc5oc(-c6ccccc6)nc5c4)CC3)n2)cc1. The molecule has 3 heterocycles. The van der Waals surface area contributed by atoms with E-state index < -0.39 is 6.10 Å². The van der Waals surface area contributed by atoms with Gasteiger partial charge in [-0.25, -0.2) is 4.98 Å². The van der Waals surface area contributed by atoms with E-state index in [1.165, 1.54) is 5.56 Å². The molecule has 218 valence electrons. The van der Waals surface area contributed by atoms with Gasteiger partial charge in [0.15, 0.2) is 5.58 Å². The van der Waals surface area contributed by atoms with Gasteiger partial charge in [-0.15, -0.1) is 0 Å². The Hall–Kier alpha value is -4.05. The van der Waals surface area contributed by atoms with E-state index in [9.17, 15) is 5.11 Å². The average molecular weight is 568 g/mol. The number of oxazole rings is 1. The molecular weight excluding hydrogens is 530 g/mol. The van der Waals surface area contributed by atoms with Crippen molar-refractivity contribution >= 4 is 11.1 Å². The van der Waals surface area contributed by atoms with Gasteiger partial charge in [0.1, 0.15) is 24.0 Å². The van der Waals surface area contributed by atoms with Crippen molar-refractivity contribution in [3.05, 3.63) is 84.3 Å². The minimum absolute atomic E-state index is 0.104. The second-order valence-corrected chi connectivity index (χ2v) is 11.9. The van der Waals surface area contributed by atoms with Crippen LogP contribution in [0.5, 0.6) is 5.75 Å². The van der Waals surface area contributed by atoms with Gasteiger partial charge >= 0.3 is 0 Å². The molecular formula is C33H37N5O4. The molecule has 3 aromatic carbocycles. The monoisotopic (exact) mass is 567 g/mol. The Balaban J connectivity index is 0.950. The van der Waals surface area contributed by atoms with Crippen molar-refractivity contribution in [3.63, 3.8) is 0 Å². The van der Waals surface area contributed by atoms with Crippen LogP contribution in [0.4, 0.5) is 0 Å². The average Bonchev–Trinajstić information content (AvgIpc) is 3.64. The first-order valence-electron chi connectivity index (χ1n) is 14.5. The van der Waals surface area contributed by atoms with E-state index in [0.717, 1.165) is 42.8 Å². The topological polar surface area (TPSA) is 101 Å². The lowest BCUT2D eigenvalue weighted by Crippen LogP contribution is -2.48. The number of fused-ring (bicyclic) bond motifs is 1. The molecule has 0 amide bonds. The summed E-state index contributed by atoms with van der Waals surface area (Å²) in [6.45, 7) is 11.4. The smallest absolute Gasteiger partial charge is 0.241 e. The normalized spacial score (nSPS) is 15.7. The van der Waals surface area contributed by atoms with Crippen LogP contribution in [0.3, 0.4) is 0 Å². The zero-order chi connectivity index (χ0) is 29.1. The van der Waals surface area contributed by atoms with Crippen LogP contribution in [-0.4, -0.2) is 75.5 Å². The first-order valence-corrected chi connectivity index (χ1v) is 14.5. The molecule has 0 radical (unpaired) electrons. The number of β-amino-alcohol motifs (C(OH)–C–C–N with tert-alkyl or cyclic N) is 1. The number of ether oxygens (including phenoxy) is 1. The Labute approximate surface area is 245 Å². The molecule has 0 aliphatic carbocycles. The number of piperazine rings is 1. The molecule has 5 aromatic rings. The molecule has 42 heavy (non-hydrogen) atoms. The van der Waals surface area contributed by atoms with E-state index in [1.807, 2.05) is 48.5 Å². The lowest BCUT2D eigenvalue weighted by atomic mass is 9.87. The first kappa shape index (κ1) is 28.1. The summed E-state index contributed by atoms with van der Waals surface area (Å²) in [6, 6.07) is 23.7. The zero-order valence-corrected chi connectivity index (χ0v) is 24.4. The zero-order valence-electron chi connectivity index (χ0n) is 24.4. The number of hydrogen-bond donors (Lipinski definition) is 1. The molecule has 1 N–H and O–H groups in total. The van der Waals surface area contributed by atoms with Gasteiger partial charge in [-0.3, -0.25) is 9.80 Å². The Bertz CT molecular complexity index is 1600. The molecule has 1 aliphatic rings. The van der Waals surface area contributed by atoms with Gasteiger partial charge in [-0.1, -0.05) is 68.4 Å². The minimum atomic E-state index is -0.604. The van der Waals surface area contributed by atoms with Crippen molar-refractivity contribution in [2.24, 2.45) is 0 Å². The number of benzene rings is 3. The molecule has 1 aliphatic heterocycles. The summed E-state index contributed by atoms with van der Waals surface area (Å²) in [5.41, 5.74) is 4.69. The van der Waals surface area contributed by atoms with Crippen molar-refractivity contribution in [1.29, 1.82) is 0 Å². The molecule has 1 saturated heterocycles. The maximum Gasteiger partial charge on any atom is 0.241 e. The van der Waals surface area contributed by atoms with Gasteiger partial charge < -0.3 is 18.8 Å². The molecule has 9 nitrogen and oxygen atoms in total. The molecule has 0 bridgehead atoms. The number of aliphatic hydroxyl groups is 1. The number of rotatable bonds is 9. The van der Waals surface area contributed by atoms with Crippen LogP contribution in [0.1, 0.15) is 32.2 Å². The highest BCUT2D eigenvalue weighted by atomic mass is 16.5. The van der Waals surface area contributed by atoms with Crippen LogP contribution in [-0.2, 0) is 12.0 Å². The predicted octanol–water partition coefficient (Wildman–Crippen LogP) is 5.40. The highest BCUT2D eigenvalue weighted by molar-refractivity contribution is 5.77. The standard InChI is InChI=1S/C33H37N5O4/c1-33(2,3)25-11-9-23(10-12-25)31-35-30(42-36-31)21-38-17-15-37(16-18-38)20-26(39)22-40-27-13-14-29-28(19-27)34-32(41-29)24-7-5-4-6-8-24/h4-14,19,26,39H,15-18,20-22H2,1-3H3. The van der Waals surface area contributed by atoms with E-state index in [1.54, 1.807) is 0 Å². The Morgan fingerprint density at radius 2 is 1.62 bits per heavy atom. The molecule has 1 fully saturated rings. The fraction of sp³-hybridized carbons (Fsp3) is 0.364. The second-order valence-electron chi connectivity index (χ2n) is 11.9. The van der Waals surface area contributed by atoms with Gasteiger partial charge in [0.25, 0.3) is 0 Å². The van der Waals surface area contributed by atoms with Crippen molar-refractivity contribution < 1.29 is 18.8 Å². The summed E-state index contributed by atoms with van der Waals surface area (Å²) in [5.74, 6) is 2.47. The summed E-state index contributed by atoms with van der Waals surface area (Å²) < 4.78 is 17.3. The molecule has 6 rings (SSSR count). The van der Waals surface area contributed by atoms with Crippen molar-refractivity contribution in [3.8, 4) is 28.6 Å². The van der Waals surface area contributed by atoms with Gasteiger partial charge in [-0.05, 0) is 35.2 Å². The van der Waals surface area contributed by atoms with Gasteiger partial charge in [0.2, 0.25) is 17.6 Å². The molecule has 1 unspecified atom stereocenters. The number of aliphatic hydroxyl groups excluding tert-OH is 1. The Morgan fingerprint density at radius 3 is 2.36 bits per heavy atom. The fourth-order valence-electron chi connectivity index (χ4n) is 5.12. The third-order valence-corrected chi connectivity index (χ3v) is 7.59. The predicted molar refractivity (Wildman–Crippen MR) is 161 cm³/mol. The molecule has 0 spiro atoms. The van der Waals surface area contributed by atoms with Crippen LogP contribution >= 0.6 is 0 Å². The van der Waals surface area contributed by atoms with Gasteiger partial charge in [0.05, 0.1) is 6.54 Å². The third kappa shape index (κ3) is 6.70. The lowest BCUT2D eigenvalue weighted by molar-refractivity contribution is 0.0426. The number of hydrogen-bond acceptors (Lipinski definition) is 9. The molecule has 0 saturated carbocycles. The highest BCUT2D eigenvalue weighted by Gasteiger charge is 2.22. The van der Waals surface area contributed by atoms with Crippen LogP contribution in [0, 0.1) is 0 Å². The summed E-state index contributed by atoms with van der Waals surface area (Å²) >= 11 is 0. The molecule has 1 atom stereocenters. The van der Waals surface area contributed by atoms with E-state index in [2.05, 4.69) is 70.0 Å². The second kappa shape index (κ2) is 12.1. The summed E-state index contributed by atoms with van der Waals surface area (Å²) in [4.78, 5) is 13.8.